The number of para-hydroxylation sites is 2. The van der Waals surface area contributed by atoms with Crippen LogP contribution in [0.2, 0.25) is 0 Å². The fraction of sp³-hybridized carbons (Fsp3) is 0.412. The minimum Gasteiger partial charge on any atom is -0.493 e. The van der Waals surface area contributed by atoms with Crippen molar-refractivity contribution in [1.29, 1.82) is 0 Å². The molecule has 0 saturated carbocycles. The summed E-state index contributed by atoms with van der Waals surface area (Å²) in [6.07, 6.45) is 0. The molecule has 1 amide bonds. The first-order chi connectivity index (χ1) is 11.4. The molecular weight excluding hydrogens is 310 g/mol. The molecule has 3 N–H and O–H groups in total. The zero-order valence-electron chi connectivity index (χ0n) is 14.1. The summed E-state index contributed by atoms with van der Waals surface area (Å²) in [4.78, 5) is 12.1. The molecule has 1 aromatic carbocycles. The molecule has 7 nitrogen and oxygen atoms in total. The van der Waals surface area contributed by atoms with Crippen molar-refractivity contribution in [2.45, 2.75) is 20.5 Å². The highest BCUT2D eigenvalue weighted by atomic mass is 16.5. The Labute approximate surface area is 141 Å². The molecule has 0 aliphatic rings. The normalized spacial score (nSPS) is 11.2. The number of ether oxygens (including phenoxy) is 2. The van der Waals surface area contributed by atoms with Gasteiger partial charge in [0.1, 0.15) is 12.3 Å². The number of H-pyrrole nitrogens is 1. The van der Waals surface area contributed by atoms with Gasteiger partial charge in [0.25, 0.3) is 5.91 Å². The van der Waals surface area contributed by atoms with Gasteiger partial charge in [-0.05, 0) is 18.2 Å². The number of aromatic nitrogens is 2. The standard InChI is InChI=1S/C17H23N3O4/c1-17(2,11-21)10-18-16(22)13-8-12(19-20-13)9-24-15-7-5-4-6-14(15)23-3/h4-8,21H,9-11H2,1-3H3,(H,18,22)(H,19,20). The second kappa shape index (κ2) is 7.83. The maximum atomic E-state index is 12.1. The van der Waals surface area contributed by atoms with Gasteiger partial charge in [-0.15, -0.1) is 0 Å². The number of hydrogen-bond acceptors (Lipinski definition) is 5. The summed E-state index contributed by atoms with van der Waals surface area (Å²) in [5, 5.41) is 18.7. The molecule has 0 saturated heterocycles. The second-order valence-corrected chi connectivity index (χ2v) is 6.22. The van der Waals surface area contributed by atoms with E-state index >= 15 is 0 Å². The van der Waals surface area contributed by atoms with Crippen molar-refractivity contribution in [3.63, 3.8) is 0 Å². The summed E-state index contributed by atoms with van der Waals surface area (Å²) in [6, 6.07) is 8.96. The van der Waals surface area contributed by atoms with Crippen molar-refractivity contribution in [3.8, 4) is 11.5 Å². The molecule has 0 fully saturated rings. The molecule has 130 valence electrons. The Balaban J connectivity index is 1.92. The molecule has 0 bridgehead atoms. The molecule has 2 rings (SSSR count). The molecule has 0 radical (unpaired) electrons. The number of aromatic amines is 1. The predicted molar refractivity (Wildman–Crippen MR) is 89.1 cm³/mol. The molecule has 0 atom stereocenters. The fourth-order valence-electron chi connectivity index (χ4n) is 1.91. The zero-order chi connectivity index (χ0) is 17.6. The highest BCUT2D eigenvalue weighted by Gasteiger charge is 2.19. The van der Waals surface area contributed by atoms with E-state index in [1.165, 1.54) is 0 Å². The molecule has 1 heterocycles. The van der Waals surface area contributed by atoms with E-state index in [-0.39, 0.29) is 30.2 Å². The first kappa shape index (κ1) is 17.8. The predicted octanol–water partition coefficient (Wildman–Crippen LogP) is 1.75. The lowest BCUT2D eigenvalue weighted by molar-refractivity contribution is 0.0906. The van der Waals surface area contributed by atoms with Gasteiger partial charge < -0.3 is 19.9 Å². The van der Waals surface area contributed by atoms with Crippen LogP contribution < -0.4 is 14.8 Å². The molecule has 0 aliphatic heterocycles. The first-order valence-corrected chi connectivity index (χ1v) is 7.64. The number of methoxy groups -OCH3 is 1. The van der Waals surface area contributed by atoms with Crippen molar-refractivity contribution in [3.05, 3.63) is 41.7 Å². The topological polar surface area (TPSA) is 96.5 Å². The lowest BCUT2D eigenvalue weighted by Crippen LogP contribution is -2.36. The second-order valence-electron chi connectivity index (χ2n) is 6.22. The minimum atomic E-state index is -0.373. The van der Waals surface area contributed by atoms with E-state index in [9.17, 15) is 9.90 Å². The van der Waals surface area contributed by atoms with Gasteiger partial charge >= 0.3 is 0 Å². The SMILES string of the molecule is COc1ccccc1OCc1cc(C(=O)NCC(C)(C)CO)n[nH]1. The van der Waals surface area contributed by atoms with E-state index in [0.29, 0.717) is 23.7 Å². The quantitative estimate of drug-likeness (QED) is 0.684. The third-order valence-corrected chi connectivity index (χ3v) is 3.47. The number of hydrogen-bond donors (Lipinski definition) is 3. The number of aliphatic hydroxyl groups is 1. The average Bonchev–Trinajstić information content (AvgIpc) is 3.07. The van der Waals surface area contributed by atoms with Gasteiger partial charge in [0.05, 0.1) is 12.8 Å². The number of rotatable bonds is 8. The van der Waals surface area contributed by atoms with Gasteiger partial charge in [0.2, 0.25) is 0 Å². The van der Waals surface area contributed by atoms with Gasteiger partial charge in [-0.25, -0.2) is 0 Å². The number of aliphatic hydroxyl groups excluding tert-OH is 1. The van der Waals surface area contributed by atoms with E-state index in [2.05, 4.69) is 15.5 Å². The highest BCUT2D eigenvalue weighted by molar-refractivity contribution is 5.92. The number of nitrogens with one attached hydrogen (secondary N) is 2. The van der Waals surface area contributed by atoms with Crippen LogP contribution in [0.1, 0.15) is 30.0 Å². The van der Waals surface area contributed by atoms with Crippen molar-refractivity contribution in [2.24, 2.45) is 5.41 Å². The number of carbonyl (C=O) groups is 1. The van der Waals surface area contributed by atoms with Crippen LogP contribution >= 0.6 is 0 Å². The van der Waals surface area contributed by atoms with E-state index in [1.54, 1.807) is 19.2 Å². The third kappa shape index (κ3) is 4.73. The smallest absolute Gasteiger partial charge is 0.271 e. The molecule has 0 aliphatic carbocycles. The maximum absolute atomic E-state index is 12.1. The molecule has 24 heavy (non-hydrogen) atoms. The Morgan fingerprint density at radius 1 is 1.33 bits per heavy atom. The lowest BCUT2D eigenvalue weighted by atomic mass is 9.95. The van der Waals surface area contributed by atoms with Crippen molar-refractivity contribution >= 4 is 5.91 Å². The van der Waals surface area contributed by atoms with Crippen molar-refractivity contribution < 1.29 is 19.4 Å². The fourth-order valence-corrected chi connectivity index (χ4v) is 1.91. The van der Waals surface area contributed by atoms with E-state index < -0.39 is 0 Å². The van der Waals surface area contributed by atoms with Crippen LogP contribution in [-0.4, -0.2) is 41.5 Å². The Hall–Kier alpha value is -2.54. The van der Waals surface area contributed by atoms with E-state index in [4.69, 9.17) is 9.47 Å². The molecule has 2 aromatic rings. The Bertz CT molecular complexity index is 682. The van der Waals surface area contributed by atoms with Crippen LogP contribution in [0.3, 0.4) is 0 Å². The van der Waals surface area contributed by atoms with E-state index in [1.807, 2.05) is 32.0 Å². The first-order valence-electron chi connectivity index (χ1n) is 7.64. The monoisotopic (exact) mass is 333 g/mol. The molecule has 0 spiro atoms. The number of nitrogens with zero attached hydrogens (tertiary/aromatic N) is 1. The van der Waals surface area contributed by atoms with Crippen LogP contribution in [0.5, 0.6) is 11.5 Å². The zero-order valence-corrected chi connectivity index (χ0v) is 14.1. The Morgan fingerprint density at radius 2 is 2.04 bits per heavy atom. The van der Waals surface area contributed by atoms with Crippen LogP contribution in [0.15, 0.2) is 30.3 Å². The molecule has 0 unspecified atom stereocenters. The number of carbonyl (C=O) groups excluding carboxylic acids is 1. The minimum absolute atomic E-state index is 0.00809. The number of benzene rings is 1. The Morgan fingerprint density at radius 3 is 2.71 bits per heavy atom. The molecule has 1 aromatic heterocycles. The van der Waals surface area contributed by atoms with Crippen LogP contribution in [0.4, 0.5) is 0 Å². The largest absolute Gasteiger partial charge is 0.493 e. The van der Waals surface area contributed by atoms with Crippen LogP contribution in [0, 0.1) is 5.41 Å². The third-order valence-electron chi connectivity index (χ3n) is 3.47. The maximum Gasteiger partial charge on any atom is 0.271 e. The molecular formula is C17H23N3O4. The van der Waals surface area contributed by atoms with E-state index in [0.717, 1.165) is 0 Å². The molecule has 7 heteroatoms. The Kier molecular flexibility index (Phi) is 5.81. The summed E-state index contributed by atoms with van der Waals surface area (Å²) in [5.41, 5.74) is 0.580. The van der Waals surface area contributed by atoms with Gasteiger partial charge in [0.15, 0.2) is 11.5 Å². The summed E-state index contributed by atoms with van der Waals surface area (Å²) in [5.74, 6) is 0.961. The van der Waals surface area contributed by atoms with Crippen LogP contribution in [0.25, 0.3) is 0 Å². The summed E-state index contributed by atoms with van der Waals surface area (Å²) < 4.78 is 10.9. The van der Waals surface area contributed by atoms with Crippen molar-refractivity contribution in [2.75, 3.05) is 20.3 Å². The average molecular weight is 333 g/mol. The van der Waals surface area contributed by atoms with Gasteiger partial charge in [-0.3, -0.25) is 9.89 Å². The number of amides is 1. The van der Waals surface area contributed by atoms with Gasteiger partial charge in [-0.1, -0.05) is 26.0 Å². The summed E-state index contributed by atoms with van der Waals surface area (Å²) in [7, 11) is 1.58. The van der Waals surface area contributed by atoms with Gasteiger partial charge in [0, 0.05) is 18.6 Å². The van der Waals surface area contributed by atoms with Gasteiger partial charge in [-0.2, -0.15) is 5.10 Å². The van der Waals surface area contributed by atoms with Crippen molar-refractivity contribution in [1.82, 2.24) is 15.5 Å². The van der Waals surface area contributed by atoms with Crippen LogP contribution in [-0.2, 0) is 6.61 Å². The summed E-state index contributed by atoms with van der Waals surface area (Å²) >= 11 is 0. The highest BCUT2D eigenvalue weighted by Crippen LogP contribution is 2.26. The summed E-state index contributed by atoms with van der Waals surface area (Å²) in [6.45, 7) is 4.32. The lowest BCUT2D eigenvalue weighted by Gasteiger charge is -2.21.